The Morgan fingerprint density at radius 2 is 2.23 bits per heavy atom. The minimum Gasteiger partial charge on any atom is -0.493 e. The standard InChI is InChI=1S/C16H19BN2O3/c1-15(21)7-10(8-15)19-13-12(16(2-3-16)14(19)20)6-11(9-18-13)22-5-4-17/h6,9-10,21H,2-5,7-8H2,1H3. The van der Waals surface area contributed by atoms with Gasteiger partial charge < -0.3 is 9.84 Å². The van der Waals surface area contributed by atoms with Crippen molar-refractivity contribution >= 4 is 19.6 Å². The molecule has 1 aliphatic heterocycles. The molecule has 4 rings (SSSR count). The van der Waals surface area contributed by atoms with Gasteiger partial charge in [0.15, 0.2) is 0 Å². The van der Waals surface area contributed by atoms with Crippen molar-refractivity contribution in [3.05, 3.63) is 17.8 Å². The summed E-state index contributed by atoms with van der Waals surface area (Å²) in [5, 5.41) is 9.97. The van der Waals surface area contributed by atoms with E-state index in [0.29, 0.717) is 31.5 Å². The molecule has 2 saturated carbocycles. The number of amides is 1. The molecular weight excluding hydrogens is 279 g/mol. The molecule has 2 aliphatic carbocycles. The number of carbonyl (C=O) groups is 1. The van der Waals surface area contributed by atoms with Crippen LogP contribution in [0.1, 0.15) is 38.2 Å². The smallest absolute Gasteiger partial charge is 0.239 e. The number of rotatable bonds is 4. The average Bonchev–Trinajstić information content (AvgIpc) is 3.21. The minimum atomic E-state index is -0.658. The largest absolute Gasteiger partial charge is 0.493 e. The molecule has 2 radical (unpaired) electrons. The first-order valence-electron chi connectivity index (χ1n) is 7.86. The maximum Gasteiger partial charge on any atom is 0.239 e. The van der Waals surface area contributed by atoms with Crippen LogP contribution in [-0.4, -0.2) is 42.1 Å². The monoisotopic (exact) mass is 298 g/mol. The Morgan fingerprint density at radius 3 is 2.82 bits per heavy atom. The first-order valence-corrected chi connectivity index (χ1v) is 7.86. The summed E-state index contributed by atoms with van der Waals surface area (Å²) < 4.78 is 5.55. The average molecular weight is 298 g/mol. The Bertz CT molecular complexity index is 634. The number of carbonyl (C=O) groups excluding carboxylic acids is 1. The van der Waals surface area contributed by atoms with Crippen molar-refractivity contribution in [3.8, 4) is 5.75 Å². The summed E-state index contributed by atoms with van der Waals surface area (Å²) in [7, 11) is 5.46. The van der Waals surface area contributed by atoms with Gasteiger partial charge in [0.1, 0.15) is 11.6 Å². The fourth-order valence-corrected chi connectivity index (χ4v) is 3.77. The highest BCUT2D eigenvalue weighted by molar-refractivity contribution is 6.10. The number of aliphatic hydroxyl groups is 1. The minimum absolute atomic E-state index is 0.0598. The molecule has 1 amide bonds. The molecule has 0 unspecified atom stereocenters. The van der Waals surface area contributed by atoms with Crippen LogP contribution in [0.25, 0.3) is 0 Å². The third-order valence-electron chi connectivity index (χ3n) is 5.07. The normalized spacial score (nSPS) is 31.1. The lowest BCUT2D eigenvalue weighted by Crippen LogP contribution is -2.55. The van der Waals surface area contributed by atoms with Crippen molar-refractivity contribution in [1.82, 2.24) is 4.98 Å². The predicted octanol–water partition coefficient (Wildman–Crippen LogP) is 1.34. The number of hydrogen-bond donors (Lipinski definition) is 1. The van der Waals surface area contributed by atoms with Gasteiger partial charge in [-0.3, -0.25) is 9.69 Å². The summed E-state index contributed by atoms with van der Waals surface area (Å²) in [5.41, 5.74) is -0.0564. The van der Waals surface area contributed by atoms with Gasteiger partial charge in [0.05, 0.1) is 31.7 Å². The molecular formula is C16H19BN2O3. The van der Waals surface area contributed by atoms with Crippen molar-refractivity contribution in [3.63, 3.8) is 0 Å². The van der Waals surface area contributed by atoms with Crippen LogP contribution in [0.2, 0.25) is 6.32 Å². The maximum atomic E-state index is 12.9. The van der Waals surface area contributed by atoms with E-state index in [0.717, 1.165) is 24.2 Å². The molecule has 22 heavy (non-hydrogen) atoms. The molecule has 6 heteroatoms. The first-order chi connectivity index (χ1) is 10.5. The van der Waals surface area contributed by atoms with Crippen LogP contribution in [0.5, 0.6) is 5.75 Å². The van der Waals surface area contributed by atoms with Crippen LogP contribution in [-0.2, 0) is 10.2 Å². The van der Waals surface area contributed by atoms with Crippen LogP contribution in [0.3, 0.4) is 0 Å². The van der Waals surface area contributed by atoms with Crippen LogP contribution in [0, 0.1) is 0 Å². The number of ether oxygens (including phenoxy) is 1. The van der Waals surface area contributed by atoms with Crippen LogP contribution in [0.15, 0.2) is 12.3 Å². The summed E-state index contributed by atoms with van der Waals surface area (Å²) in [5.74, 6) is 1.57. The van der Waals surface area contributed by atoms with Crippen LogP contribution < -0.4 is 9.64 Å². The van der Waals surface area contributed by atoms with E-state index in [4.69, 9.17) is 12.6 Å². The lowest BCUT2D eigenvalue weighted by Gasteiger charge is -2.45. The topological polar surface area (TPSA) is 62.7 Å². The number of pyridine rings is 1. The van der Waals surface area contributed by atoms with Gasteiger partial charge in [-0.25, -0.2) is 4.98 Å². The van der Waals surface area contributed by atoms with E-state index in [-0.39, 0.29) is 17.4 Å². The van der Waals surface area contributed by atoms with E-state index in [1.54, 1.807) is 6.20 Å². The van der Waals surface area contributed by atoms with Crippen molar-refractivity contribution in [2.24, 2.45) is 0 Å². The number of aromatic nitrogens is 1. The molecule has 3 aliphatic rings. The van der Waals surface area contributed by atoms with E-state index < -0.39 is 5.60 Å². The summed E-state index contributed by atoms with van der Waals surface area (Å²) >= 11 is 0. The molecule has 1 spiro atoms. The van der Waals surface area contributed by atoms with Gasteiger partial charge in [-0.05, 0) is 38.7 Å². The molecule has 0 atom stereocenters. The SMILES string of the molecule is [B]CCOc1cnc2c(c1)C1(CC1)C(=O)N2C1CC(C)(O)C1. The zero-order valence-corrected chi connectivity index (χ0v) is 12.7. The third kappa shape index (κ3) is 1.89. The molecule has 0 saturated heterocycles. The number of nitrogens with zero attached hydrogens (tertiary/aromatic N) is 2. The number of anilines is 1. The second kappa shape index (κ2) is 4.48. The lowest BCUT2D eigenvalue weighted by atomic mass is 9.76. The van der Waals surface area contributed by atoms with E-state index in [9.17, 15) is 9.90 Å². The van der Waals surface area contributed by atoms with Gasteiger partial charge in [0.25, 0.3) is 0 Å². The Hall–Kier alpha value is -1.56. The Labute approximate surface area is 131 Å². The van der Waals surface area contributed by atoms with Gasteiger partial charge in [-0.15, -0.1) is 0 Å². The second-order valence-electron chi connectivity index (χ2n) is 7.00. The summed E-state index contributed by atoms with van der Waals surface area (Å²) in [6.45, 7) is 2.26. The highest BCUT2D eigenvalue weighted by Crippen LogP contribution is 2.59. The van der Waals surface area contributed by atoms with E-state index in [1.807, 2.05) is 17.9 Å². The van der Waals surface area contributed by atoms with Gasteiger partial charge in [-0.1, -0.05) is 6.32 Å². The van der Waals surface area contributed by atoms with Crippen molar-refractivity contribution in [2.75, 3.05) is 11.5 Å². The summed E-state index contributed by atoms with van der Waals surface area (Å²) in [4.78, 5) is 19.2. The maximum absolute atomic E-state index is 12.9. The number of fused-ring (bicyclic) bond motifs is 2. The highest BCUT2D eigenvalue weighted by atomic mass is 16.5. The molecule has 1 N–H and O–H groups in total. The molecule has 2 fully saturated rings. The molecule has 114 valence electrons. The zero-order chi connectivity index (χ0) is 15.5. The van der Waals surface area contributed by atoms with Gasteiger partial charge in [0, 0.05) is 11.6 Å². The Balaban J connectivity index is 1.67. The predicted molar refractivity (Wildman–Crippen MR) is 82.3 cm³/mol. The molecule has 0 aromatic carbocycles. The van der Waals surface area contributed by atoms with Gasteiger partial charge in [0.2, 0.25) is 5.91 Å². The Kier molecular flexibility index (Phi) is 2.86. The molecule has 5 nitrogen and oxygen atoms in total. The fraction of sp³-hybridized carbons (Fsp3) is 0.625. The number of hydrogen-bond acceptors (Lipinski definition) is 4. The quantitative estimate of drug-likeness (QED) is 0.852. The van der Waals surface area contributed by atoms with Crippen molar-refractivity contribution in [2.45, 2.75) is 56.0 Å². The molecule has 1 aromatic rings. The van der Waals surface area contributed by atoms with E-state index >= 15 is 0 Å². The lowest BCUT2D eigenvalue weighted by molar-refractivity contribution is -0.122. The van der Waals surface area contributed by atoms with Crippen LogP contribution >= 0.6 is 0 Å². The Morgan fingerprint density at radius 1 is 1.50 bits per heavy atom. The van der Waals surface area contributed by atoms with E-state index in [1.165, 1.54) is 0 Å². The molecule has 0 bridgehead atoms. The van der Waals surface area contributed by atoms with Gasteiger partial charge in [-0.2, -0.15) is 0 Å². The summed E-state index contributed by atoms with van der Waals surface area (Å²) in [6.07, 6.45) is 5.08. The van der Waals surface area contributed by atoms with Crippen molar-refractivity contribution < 1.29 is 14.6 Å². The highest BCUT2D eigenvalue weighted by Gasteiger charge is 2.62. The zero-order valence-electron chi connectivity index (χ0n) is 12.7. The van der Waals surface area contributed by atoms with Gasteiger partial charge >= 0.3 is 0 Å². The molecule has 1 aromatic heterocycles. The van der Waals surface area contributed by atoms with Crippen LogP contribution in [0.4, 0.5) is 5.82 Å². The molecule has 2 heterocycles. The van der Waals surface area contributed by atoms with E-state index in [2.05, 4.69) is 4.98 Å². The fourth-order valence-electron chi connectivity index (χ4n) is 3.77. The second-order valence-corrected chi connectivity index (χ2v) is 7.00. The third-order valence-corrected chi connectivity index (χ3v) is 5.07. The van der Waals surface area contributed by atoms with Crippen molar-refractivity contribution in [1.29, 1.82) is 0 Å². The summed E-state index contributed by atoms with van der Waals surface area (Å²) in [6, 6.07) is 2.00. The first kappa shape index (κ1) is 14.1.